The Morgan fingerprint density at radius 1 is 1.30 bits per heavy atom. The van der Waals surface area contributed by atoms with E-state index in [2.05, 4.69) is 10.2 Å². The van der Waals surface area contributed by atoms with Gasteiger partial charge in [0.05, 0.1) is 25.8 Å². The molecule has 2 aliphatic heterocycles. The number of nitrogens with one attached hydrogen (secondary N) is 1. The summed E-state index contributed by atoms with van der Waals surface area (Å²) in [5.74, 6) is -0.0574. The van der Waals surface area contributed by atoms with Crippen molar-refractivity contribution < 1.29 is 14.3 Å². The van der Waals surface area contributed by atoms with Gasteiger partial charge in [-0.05, 0) is 11.6 Å². The summed E-state index contributed by atoms with van der Waals surface area (Å²) in [7, 11) is 1.70. The molecule has 23 heavy (non-hydrogen) atoms. The zero-order valence-corrected chi connectivity index (χ0v) is 12.7. The van der Waals surface area contributed by atoms with E-state index in [1.807, 2.05) is 24.3 Å². The number of likely N-dealkylation sites (tertiary alicyclic amines) is 1. The predicted molar refractivity (Wildman–Crippen MR) is 81.8 cm³/mol. The van der Waals surface area contributed by atoms with E-state index in [0.29, 0.717) is 25.2 Å². The normalized spacial score (nSPS) is 18.9. The van der Waals surface area contributed by atoms with Crippen LogP contribution >= 0.6 is 0 Å². The van der Waals surface area contributed by atoms with Crippen molar-refractivity contribution >= 4 is 12.0 Å². The van der Waals surface area contributed by atoms with Crippen molar-refractivity contribution in [2.75, 3.05) is 26.7 Å². The molecule has 3 heterocycles. The van der Waals surface area contributed by atoms with Gasteiger partial charge in [0.1, 0.15) is 0 Å². The van der Waals surface area contributed by atoms with Gasteiger partial charge >= 0.3 is 6.09 Å². The highest BCUT2D eigenvalue weighted by Crippen LogP contribution is 2.34. The van der Waals surface area contributed by atoms with Crippen molar-refractivity contribution in [2.45, 2.75) is 5.60 Å². The Morgan fingerprint density at radius 3 is 2.74 bits per heavy atom. The molecule has 0 atom stereocenters. The number of likely N-dealkylation sites (N-methyl/N-ethyl adjacent to an activating group) is 1. The molecule has 2 fully saturated rings. The van der Waals surface area contributed by atoms with Gasteiger partial charge in [-0.25, -0.2) is 4.79 Å². The van der Waals surface area contributed by atoms with Crippen LogP contribution < -0.4 is 0 Å². The van der Waals surface area contributed by atoms with Crippen LogP contribution in [0.1, 0.15) is 10.4 Å². The van der Waals surface area contributed by atoms with Crippen molar-refractivity contribution in [3.8, 4) is 11.1 Å². The molecule has 1 aromatic carbocycles. The lowest BCUT2D eigenvalue weighted by atomic mass is 9.92. The second-order valence-electron chi connectivity index (χ2n) is 6.10. The van der Waals surface area contributed by atoms with E-state index in [9.17, 15) is 9.59 Å². The van der Waals surface area contributed by atoms with Gasteiger partial charge < -0.3 is 14.5 Å². The molecule has 2 aliphatic rings. The van der Waals surface area contributed by atoms with Crippen LogP contribution in [-0.2, 0) is 4.74 Å². The molecule has 7 nitrogen and oxygen atoms in total. The van der Waals surface area contributed by atoms with E-state index >= 15 is 0 Å². The third-order valence-corrected chi connectivity index (χ3v) is 4.35. The zero-order valence-electron chi connectivity index (χ0n) is 12.7. The highest BCUT2D eigenvalue weighted by atomic mass is 16.6. The van der Waals surface area contributed by atoms with Gasteiger partial charge in [0.2, 0.25) is 0 Å². The molecule has 0 aliphatic carbocycles. The lowest BCUT2D eigenvalue weighted by molar-refractivity contribution is -0.0581. The topological polar surface area (TPSA) is 78.5 Å². The number of hydrogen-bond donors (Lipinski definition) is 1. The number of carbonyl (C=O) groups is 2. The second kappa shape index (κ2) is 4.84. The third-order valence-electron chi connectivity index (χ3n) is 4.35. The lowest BCUT2D eigenvalue weighted by Crippen LogP contribution is -2.65. The number of H-pyrrole nitrogens is 1. The summed E-state index contributed by atoms with van der Waals surface area (Å²) in [4.78, 5) is 27.6. The summed E-state index contributed by atoms with van der Waals surface area (Å²) in [6.45, 7) is 1.39. The van der Waals surface area contributed by atoms with Gasteiger partial charge in [-0.15, -0.1) is 0 Å². The largest absolute Gasteiger partial charge is 0.437 e. The second-order valence-corrected chi connectivity index (χ2v) is 6.10. The van der Waals surface area contributed by atoms with Crippen molar-refractivity contribution in [2.24, 2.45) is 0 Å². The summed E-state index contributed by atoms with van der Waals surface area (Å²) >= 11 is 0. The van der Waals surface area contributed by atoms with Crippen LogP contribution in [0.4, 0.5) is 4.79 Å². The molecule has 118 valence electrons. The van der Waals surface area contributed by atoms with Crippen LogP contribution in [0.2, 0.25) is 0 Å². The Kier molecular flexibility index (Phi) is 2.90. The Hall–Kier alpha value is -2.83. The average Bonchev–Trinajstić information content (AvgIpc) is 3.14. The van der Waals surface area contributed by atoms with Crippen LogP contribution in [0.15, 0.2) is 36.7 Å². The quantitative estimate of drug-likeness (QED) is 0.908. The van der Waals surface area contributed by atoms with E-state index in [0.717, 1.165) is 11.1 Å². The first-order valence-electron chi connectivity index (χ1n) is 7.40. The van der Waals surface area contributed by atoms with E-state index in [1.165, 1.54) is 0 Å². The Labute approximate surface area is 132 Å². The summed E-state index contributed by atoms with van der Waals surface area (Å²) < 4.78 is 5.39. The number of carbonyl (C=O) groups excluding carboxylic acids is 2. The molecule has 4 rings (SSSR count). The van der Waals surface area contributed by atoms with Crippen LogP contribution in [-0.4, -0.2) is 64.3 Å². The van der Waals surface area contributed by atoms with E-state index in [1.54, 1.807) is 29.2 Å². The Bertz CT molecular complexity index is 765. The predicted octanol–water partition coefficient (Wildman–Crippen LogP) is 1.35. The fourth-order valence-corrected chi connectivity index (χ4v) is 3.24. The fraction of sp³-hybridized carbons (Fsp3) is 0.312. The minimum Gasteiger partial charge on any atom is -0.437 e. The molecule has 2 saturated heterocycles. The lowest BCUT2D eigenvalue weighted by Gasteiger charge is -2.45. The summed E-state index contributed by atoms with van der Waals surface area (Å²) in [5.41, 5.74) is 1.80. The van der Waals surface area contributed by atoms with Crippen molar-refractivity contribution in [3.63, 3.8) is 0 Å². The van der Waals surface area contributed by atoms with Crippen molar-refractivity contribution in [3.05, 3.63) is 42.2 Å². The van der Waals surface area contributed by atoms with E-state index in [4.69, 9.17) is 4.74 Å². The van der Waals surface area contributed by atoms with Gasteiger partial charge in [-0.3, -0.25) is 9.89 Å². The van der Waals surface area contributed by atoms with Gasteiger partial charge in [-0.1, -0.05) is 18.2 Å². The maximum absolute atomic E-state index is 12.8. The van der Waals surface area contributed by atoms with Gasteiger partial charge in [0.15, 0.2) is 5.60 Å². The molecule has 1 aromatic heterocycles. The average molecular weight is 312 g/mol. The first kappa shape index (κ1) is 13.8. The molecule has 7 heteroatoms. The SMILES string of the molecule is CN1CC2(CN(C(=O)c3ccccc3-c3cn[nH]c3)C2)OC1=O. The number of nitrogens with zero attached hydrogens (tertiary/aromatic N) is 3. The number of amides is 2. The number of rotatable bonds is 2. The van der Waals surface area contributed by atoms with E-state index < -0.39 is 5.60 Å². The molecular weight excluding hydrogens is 296 g/mol. The smallest absolute Gasteiger partial charge is 0.410 e. The fourth-order valence-electron chi connectivity index (χ4n) is 3.24. The van der Waals surface area contributed by atoms with Crippen LogP contribution in [0.5, 0.6) is 0 Å². The molecule has 1 N–H and O–H groups in total. The highest BCUT2D eigenvalue weighted by molar-refractivity contribution is 6.01. The number of ether oxygens (including phenoxy) is 1. The number of aromatic amines is 1. The molecule has 0 unspecified atom stereocenters. The monoisotopic (exact) mass is 312 g/mol. The minimum atomic E-state index is -0.536. The third kappa shape index (κ3) is 2.16. The standard InChI is InChI=1S/C16H16N4O3/c1-19-8-16(23-15(19)22)9-20(10-16)14(21)13-5-3-2-4-12(13)11-6-17-18-7-11/h2-7H,8-10H2,1H3,(H,17,18). The summed E-state index contributed by atoms with van der Waals surface area (Å²) in [6, 6.07) is 7.44. The van der Waals surface area contributed by atoms with Gasteiger partial charge in [0.25, 0.3) is 5.91 Å². The Balaban J connectivity index is 1.55. The number of benzene rings is 1. The van der Waals surface area contributed by atoms with Crippen LogP contribution in [0.3, 0.4) is 0 Å². The van der Waals surface area contributed by atoms with Crippen LogP contribution in [0, 0.1) is 0 Å². The zero-order chi connectivity index (χ0) is 16.0. The molecule has 2 aromatic rings. The van der Waals surface area contributed by atoms with Gasteiger partial charge in [-0.2, -0.15) is 5.10 Å². The maximum atomic E-state index is 12.8. The van der Waals surface area contributed by atoms with E-state index in [-0.39, 0.29) is 12.0 Å². The molecule has 1 spiro atoms. The molecule has 0 bridgehead atoms. The number of aromatic nitrogens is 2. The molecule has 2 amide bonds. The number of hydrogen-bond acceptors (Lipinski definition) is 4. The minimum absolute atomic E-state index is 0.0574. The van der Waals surface area contributed by atoms with Gasteiger partial charge in [0, 0.05) is 24.4 Å². The van der Waals surface area contributed by atoms with Crippen LogP contribution in [0.25, 0.3) is 11.1 Å². The Morgan fingerprint density at radius 2 is 2.09 bits per heavy atom. The molecule has 0 saturated carbocycles. The highest BCUT2D eigenvalue weighted by Gasteiger charge is 2.54. The summed E-state index contributed by atoms with van der Waals surface area (Å²) in [6.07, 6.45) is 3.13. The molecular formula is C16H16N4O3. The first-order chi connectivity index (χ1) is 11.1. The summed E-state index contributed by atoms with van der Waals surface area (Å²) in [5, 5.41) is 6.70. The van der Waals surface area contributed by atoms with Crippen molar-refractivity contribution in [1.82, 2.24) is 20.0 Å². The first-order valence-corrected chi connectivity index (χ1v) is 7.40. The maximum Gasteiger partial charge on any atom is 0.410 e. The van der Waals surface area contributed by atoms with Crippen molar-refractivity contribution in [1.29, 1.82) is 0 Å². The molecule has 0 radical (unpaired) electrons.